The minimum Gasteiger partial charge on any atom is -0.353 e. The summed E-state index contributed by atoms with van der Waals surface area (Å²) in [6.07, 6.45) is 3.21. The quantitative estimate of drug-likeness (QED) is 0.873. The van der Waals surface area contributed by atoms with Crippen molar-refractivity contribution in [2.75, 3.05) is 11.4 Å². The van der Waals surface area contributed by atoms with Gasteiger partial charge in [-0.15, -0.1) is 0 Å². The molecule has 0 radical (unpaired) electrons. The van der Waals surface area contributed by atoms with Gasteiger partial charge in [-0.1, -0.05) is 13.8 Å². The van der Waals surface area contributed by atoms with Crippen LogP contribution in [0.5, 0.6) is 0 Å². The highest BCUT2D eigenvalue weighted by Gasteiger charge is 2.30. The van der Waals surface area contributed by atoms with Crippen LogP contribution in [0.25, 0.3) is 0 Å². The van der Waals surface area contributed by atoms with E-state index in [4.69, 9.17) is 5.73 Å². The van der Waals surface area contributed by atoms with Crippen LogP contribution in [-0.4, -0.2) is 17.6 Å². The molecule has 3 unspecified atom stereocenters. The number of anilines is 1. The van der Waals surface area contributed by atoms with Crippen molar-refractivity contribution in [1.29, 1.82) is 0 Å². The summed E-state index contributed by atoms with van der Waals surface area (Å²) in [5, 5.41) is 0. The number of piperidine rings is 1. The Hall–Kier alpha value is -1.09. The van der Waals surface area contributed by atoms with Crippen LogP contribution in [0.4, 0.5) is 5.82 Å². The topological polar surface area (TPSA) is 42.2 Å². The Kier molecular flexibility index (Phi) is 3.91. The van der Waals surface area contributed by atoms with Crippen molar-refractivity contribution in [1.82, 2.24) is 4.98 Å². The zero-order chi connectivity index (χ0) is 13.3. The Morgan fingerprint density at radius 2 is 2.11 bits per heavy atom. The molecule has 1 aromatic heterocycles. The maximum atomic E-state index is 5.91. The predicted octanol–water partition coefficient (Wildman–Crippen LogP) is 2.72. The van der Waals surface area contributed by atoms with E-state index >= 15 is 0 Å². The van der Waals surface area contributed by atoms with Crippen molar-refractivity contribution in [3.63, 3.8) is 0 Å². The van der Waals surface area contributed by atoms with Gasteiger partial charge in [0.2, 0.25) is 0 Å². The molecule has 18 heavy (non-hydrogen) atoms. The fourth-order valence-electron chi connectivity index (χ4n) is 3.07. The number of nitrogens with two attached hydrogens (primary N) is 1. The number of hydrogen-bond donors (Lipinski definition) is 1. The molecule has 3 heteroatoms. The Morgan fingerprint density at radius 3 is 2.78 bits per heavy atom. The van der Waals surface area contributed by atoms with Gasteiger partial charge in [0.15, 0.2) is 0 Å². The van der Waals surface area contributed by atoms with Gasteiger partial charge in [-0.3, -0.25) is 0 Å². The molecular weight excluding hydrogens is 222 g/mol. The van der Waals surface area contributed by atoms with Crippen LogP contribution in [0.3, 0.4) is 0 Å². The molecule has 0 amide bonds. The first-order valence-corrected chi connectivity index (χ1v) is 6.95. The Bertz CT molecular complexity index is 416. The van der Waals surface area contributed by atoms with Crippen LogP contribution in [0, 0.1) is 18.8 Å². The molecule has 0 bridgehead atoms. The van der Waals surface area contributed by atoms with Crippen molar-refractivity contribution in [3.8, 4) is 0 Å². The molecule has 1 fully saturated rings. The lowest BCUT2D eigenvalue weighted by Crippen LogP contribution is -2.46. The highest BCUT2D eigenvalue weighted by atomic mass is 15.2. The summed E-state index contributed by atoms with van der Waals surface area (Å²) in [5.41, 5.74) is 8.36. The lowest BCUT2D eigenvalue weighted by atomic mass is 9.85. The van der Waals surface area contributed by atoms with Gasteiger partial charge in [0, 0.05) is 30.9 Å². The van der Waals surface area contributed by atoms with E-state index in [0.29, 0.717) is 18.5 Å². The third kappa shape index (κ3) is 2.37. The number of pyridine rings is 1. The standard InChI is InChI=1S/C15H25N3/c1-10-7-12(3)13(4)18(9-10)15-14(8-16)11(2)5-6-17-15/h5-6,10,12-13H,7-9,16H2,1-4H3. The van der Waals surface area contributed by atoms with Crippen molar-refractivity contribution < 1.29 is 0 Å². The number of aromatic nitrogens is 1. The summed E-state index contributed by atoms with van der Waals surface area (Å²) in [6.45, 7) is 10.8. The van der Waals surface area contributed by atoms with Gasteiger partial charge in [0.25, 0.3) is 0 Å². The molecule has 2 rings (SSSR count). The summed E-state index contributed by atoms with van der Waals surface area (Å²) in [4.78, 5) is 7.05. The summed E-state index contributed by atoms with van der Waals surface area (Å²) in [6, 6.07) is 2.59. The second-order valence-electron chi connectivity index (χ2n) is 5.85. The molecule has 3 atom stereocenters. The molecule has 1 saturated heterocycles. The maximum absolute atomic E-state index is 5.91. The first-order valence-electron chi connectivity index (χ1n) is 6.95. The smallest absolute Gasteiger partial charge is 0.133 e. The maximum Gasteiger partial charge on any atom is 0.133 e. The van der Waals surface area contributed by atoms with Crippen LogP contribution >= 0.6 is 0 Å². The van der Waals surface area contributed by atoms with E-state index in [-0.39, 0.29) is 0 Å². The van der Waals surface area contributed by atoms with Gasteiger partial charge in [-0.2, -0.15) is 0 Å². The molecule has 3 nitrogen and oxygen atoms in total. The van der Waals surface area contributed by atoms with Crippen molar-refractivity contribution in [2.45, 2.75) is 46.7 Å². The first kappa shape index (κ1) is 13.3. The van der Waals surface area contributed by atoms with E-state index in [9.17, 15) is 0 Å². The summed E-state index contributed by atoms with van der Waals surface area (Å²) >= 11 is 0. The molecule has 0 aromatic carbocycles. The zero-order valence-electron chi connectivity index (χ0n) is 12.0. The van der Waals surface area contributed by atoms with E-state index in [0.717, 1.165) is 18.3 Å². The van der Waals surface area contributed by atoms with Crippen LogP contribution < -0.4 is 10.6 Å². The normalized spacial score (nSPS) is 28.5. The molecule has 1 aliphatic rings. The van der Waals surface area contributed by atoms with E-state index in [1.54, 1.807) is 0 Å². The minimum atomic E-state index is 0.542. The van der Waals surface area contributed by atoms with Crippen molar-refractivity contribution in [2.24, 2.45) is 17.6 Å². The van der Waals surface area contributed by atoms with Crippen LogP contribution in [0.15, 0.2) is 12.3 Å². The Balaban J connectivity index is 2.38. The monoisotopic (exact) mass is 247 g/mol. The second kappa shape index (κ2) is 5.27. The molecule has 100 valence electrons. The number of rotatable bonds is 2. The van der Waals surface area contributed by atoms with Gasteiger partial charge in [-0.25, -0.2) is 4.98 Å². The van der Waals surface area contributed by atoms with Crippen LogP contribution in [0.2, 0.25) is 0 Å². The van der Waals surface area contributed by atoms with E-state index < -0.39 is 0 Å². The largest absolute Gasteiger partial charge is 0.353 e. The van der Waals surface area contributed by atoms with Crippen LogP contribution in [-0.2, 0) is 6.54 Å². The molecule has 1 aromatic rings. The Labute approximate surface area is 110 Å². The van der Waals surface area contributed by atoms with Gasteiger partial charge in [0.1, 0.15) is 5.82 Å². The summed E-state index contributed by atoms with van der Waals surface area (Å²) in [7, 11) is 0. The average Bonchev–Trinajstić information content (AvgIpc) is 2.33. The van der Waals surface area contributed by atoms with E-state index in [1.165, 1.54) is 17.5 Å². The number of aryl methyl sites for hydroxylation is 1. The van der Waals surface area contributed by atoms with E-state index in [2.05, 4.69) is 37.6 Å². The average molecular weight is 247 g/mol. The lowest BCUT2D eigenvalue weighted by molar-refractivity contribution is 0.295. The van der Waals surface area contributed by atoms with Gasteiger partial charge < -0.3 is 10.6 Å². The zero-order valence-corrected chi connectivity index (χ0v) is 12.0. The van der Waals surface area contributed by atoms with Crippen molar-refractivity contribution in [3.05, 3.63) is 23.4 Å². The molecule has 0 spiro atoms. The van der Waals surface area contributed by atoms with Gasteiger partial charge in [0.05, 0.1) is 0 Å². The predicted molar refractivity (Wildman–Crippen MR) is 76.6 cm³/mol. The highest BCUT2D eigenvalue weighted by molar-refractivity contribution is 5.51. The minimum absolute atomic E-state index is 0.542. The van der Waals surface area contributed by atoms with Crippen LogP contribution in [0.1, 0.15) is 38.3 Å². The Morgan fingerprint density at radius 1 is 1.39 bits per heavy atom. The fraction of sp³-hybridized carbons (Fsp3) is 0.667. The number of nitrogens with zero attached hydrogens (tertiary/aromatic N) is 2. The highest BCUT2D eigenvalue weighted by Crippen LogP contribution is 2.32. The van der Waals surface area contributed by atoms with Crippen molar-refractivity contribution >= 4 is 5.82 Å². The summed E-state index contributed by atoms with van der Waals surface area (Å²) < 4.78 is 0. The van der Waals surface area contributed by atoms with Gasteiger partial charge >= 0.3 is 0 Å². The molecular formula is C15H25N3. The SMILES string of the molecule is Cc1ccnc(N2CC(C)CC(C)C2C)c1CN. The molecule has 0 aliphatic carbocycles. The molecule has 1 aliphatic heterocycles. The molecule has 0 saturated carbocycles. The second-order valence-corrected chi connectivity index (χ2v) is 5.85. The third-order valence-electron chi connectivity index (χ3n) is 4.34. The first-order chi connectivity index (χ1) is 8.54. The third-order valence-corrected chi connectivity index (χ3v) is 4.34. The van der Waals surface area contributed by atoms with E-state index in [1.807, 2.05) is 12.3 Å². The lowest BCUT2D eigenvalue weighted by Gasteiger charge is -2.42. The molecule has 2 N–H and O–H groups in total. The van der Waals surface area contributed by atoms with Gasteiger partial charge in [-0.05, 0) is 43.7 Å². The molecule has 2 heterocycles. The number of hydrogen-bond acceptors (Lipinski definition) is 3. The fourth-order valence-corrected chi connectivity index (χ4v) is 3.07. The summed E-state index contributed by atoms with van der Waals surface area (Å²) in [5.74, 6) is 2.54.